The van der Waals surface area contributed by atoms with Crippen LogP contribution in [0.15, 0.2) is 0 Å². The maximum Gasteiger partial charge on any atom is 0.309 e. The monoisotopic (exact) mass is 146 g/mol. The van der Waals surface area contributed by atoms with E-state index < -0.39 is 5.91 Å². The summed E-state index contributed by atoms with van der Waals surface area (Å²) in [5.74, 6) is -0.412. The smallest absolute Gasteiger partial charge is 0.309 e. The molecule has 0 saturated heterocycles. The molecule has 0 aromatic carbocycles. The summed E-state index contributed by atoms with van der Waals surface area (Å²) in [6.07, 6.45) is 0. The molecular weight excluding hydrogens is 132 g/mol. The summed E-state index contributed by atoms with van der Waals surface area (Å²) in [7, 11) is 0. The second-order valence-electron chi connectivity index (χ2n) is 2.57. The molecular formula is C6H14N2O2. The van der Waals surface area contributed by atoms with Crippen LogP contribution in [0.1, 0.15) is 20.8 Å². The first-order valence-corrected chi connectivity index (χ1v) is 3.27. The van der Waals surface area contributed by atoms with Gasteiger partial charge in [-0.25, -0.2) is 4.79 Å². The number of amides is 1. The lowest BCUT2D eigenvalue weighted by atomic mass is 10.2. The Hall–Kier alpha value is -0.450. The number of quaternary nitrogens is 1. The first-order valence-electron chi connectivity index (χ1n) is 3.27. The zero-order valence-corrected chi connectivity index (χ0v) is 6.55. The number of rotatable bonds is 2. The predicted molar refractivity (Wildman–Crippen MR) is 38.1 cm³/mol. The molecule has 3 N–H and O–H groups in total. The third-order valence-corrected chi connectivity index (χ3v) is 1.55. The van der Waals surface area contributed by atoms with Gasteiger partial charge in [0.1, 0.15) is 6.04 Å². The van der Waals surface area contributed by atoms with E-state index >= 15 is 0 Å². The van der Waals surface area contributed by atoms with E-state index in [4.69, 9.17) is 5.73 Å². The molecule has 0 heterocycles. The number of carbonyl (C=O) groups is 1. The first kappa shape index (κ1) is 9.55. The van der Waals surface area contributed by atoms with Crippen molar-refractivity contribution < 1.29 is 9.86 Å². The van der Waals surface area contributed by atoms with Crippen LogP contribution in [0.3, 0.4) is 0 Å². The van der Waals surface area contributed by atoms with E-state index in [0.29, 0.717) is 0 Å². The predicted octanol–water partition coefficient (Wildman–Crippen LogP) is -1.35. The van der Waals surface area contributed by atoms with Crippen LogP contribution in [0.5, 0.6) is 0 Å². The van der Waals surface area contributed by atoms with Crippen molar-refractivity contribution in [2.75, 3.05) is 0 Å². The van der Waals surface area contributed by atoms with Gasteiger partial charge < -0.3 is 16.0 Å². The quantitative estimate of drug-likeness (QED) is 0.473. The SMILES string of the molecule is CC(=O)[NH+]([O-])C(C)C(C)N. The molecule has 0 aromatic rings. The van der Waals surface area contributed by atoms with Crippen LogP contribution in [-0.4, -0.2) is 18.0 Å². The third-order valence-electron chi connectivity index (χ3n) is 1.55. The summed E-state index contributed by atoms with van der Waals surface area (Å²) in [4.78, 5) is 10.5. The summed E-state index contributed by atoms with van der Waals surface area (Å²) in [5.41, 5.74) is 5.40. The van der Waals surface area contributed by atoms with Crippen molar-refractivity contribution in [3.63, 3.8) is 0 Å². The maximum absolute atomic E-state index is 10.9. The zero-order chi connectivity index (χ0) is 8.31. The van der Waals surface area contributed by atoms with E-state index in [0.717, 1.165) is 0 Å². The Morgan fingerprint density at radius 1 is 1.60 bits per heavy atom. The molecule has 0 rings (SSSR count). The minimum atomic E-state index is -0.412. The average molecular weight is 146 g/mol. The van der Waals surface area contributed by atoms with Crippen molar-refractivity contribution >= 4 is 5.91 Å². The lowest BCUT2D eigenvalue weighted by Crippen LogP contribution is -3.14. The largest absolute Gasteiger partial charge is 0.627 e. The summed E-state index contributed by atoms with van der Waals surface area (Å²) < 4.78 is 0. The Morgan fingerprint density at radius 2 is 2.00 bits per heavy atom. The van der Waals surface area contributed by atoms with Crippen LogP contribution < -0.4 is 10.8 Å². The van der Waals surface area contributed by atoms with E-state index in [2.05, 4.69) is 0 Å². The number of nitrogens with two attached hydrogens (primary N) is 1. The van der Waals surface area contributed by atoms with Crippen molar-refractivity contribution in [1.29, 1.82) is 0 Å². The van der Waals surface area contributed by atoms with Gasteiger partial charge in [-0.15, -0.1) is 0 Å². The molecule has 4 heteroatoms. The van der Waals surface area contributed by atoms with Gasteiger partial charge in [0, 0.05) is 0 Å². The van der Waals surface area contributed by atoms with Gasteiger partial charge in [0.25, 0.3) is 0 Å². The molecule has 0 aromatic heterocycles. The van der Waals surface area contributed by atoms with Crippen molar-refractivity contribution in [3.8, 4) is 0 Å². The summed E-state index contributed by atoms with van der Waals surface area (Å²) in [5, 5.41) is 10.5. The Kier molecular flexibility index (Phi) is 3.49. The molecule has 0 aliphatic heterocycles. The lowest BCUT2D eigenvalue weighted by Gasteiger charge is -2.27. The summed E-state index contributed by atoms with van der Waals surface area (Å²) in [6, 6.07) is -0.589. The van der Waals surface area contributed by atoms with E-state index in [1.165, 1.54) is 6.92 Å². The van der Waals surface area contributed by atoms with Gasteiger partial charge in [0.15, 0.2) is 0 Å². The van der Waals surface area contributed by atoms with Gasteiger partial charge in [-0.3, -0.25) is 0 Å². The van der Waals surface area contributed by atoms with Gasteiger partial charge in [-0.1, -0.05) is 0 Å². The highest BCUT2D eigenvalue weighted by molar-refractivity contribution is 5.63. The highest BCUT2D eigenvalue weighted by Gasteiger charge is 2.17. The van der Waals surface area contributed by atoms with E-state index in [1.54, 1.807) is 13.8 Å². The van der Waals surface area contributed by atoms with E-state index in [9.17, 15) is 10.0 Å². The highest BCUT2D eigenvalue weighted by Crippen LogP contribution is 1.80. The second-order valence-corrected chi connectivity index (χ2v) is 2.57. The molecule has 0 radical (unpaired) electrons. The Morgan fingerprint density at radius 3 is 2.10 bits per heavy atom. The van der Waals surface area contributed by atoms with Crippen molar-refractivity contribution in [2.45, 2.75) is 32.9 Å². The molecule has 1 amide bonds. The molecule has 0 spiro atoms. The molecule has 0 aliphatic carbocycles. The standard InChI is InChI=1S/C6H14N2O2/c1-4(7)5(2)8(10)6(3)9/h4-5,8H,7H2,1-3H3. The minimum Gasteiger partial charge on any atom is -0.627 e. The molecule has 0 fully saturated rings. The highest BCUT2D eigenvalue weighted by atomic mass is 16.5. The normalized spacial score (nSPS) is 19.7. The Balaban J connectivity index is 3.94. The van der Waals surface area contributed by atoms with Crippen LogP contribution in [0.2, 0.25) is 0 Å². The summed E-state index contributed by atoms with van der Waals surface area (Å²) in [6.45, 7) is 4.64. The molecule has 0 saturated carbocycles. The first-order chi connectivity index (χ1) is 4.46. The van der Waals surface area contributed by atoms with Gasteiger partial charge in [-0.05, 0) is 13.8 Å². The lowest BCUT2D eigenvalue weighted by molar-refractivity contribution is -0.793. The summed E-state index contributed by atoms with van der Waals surface area (Å²) >= 11 is 0. The Bertz CT molecular complexity index is 125. The molecule has 0 bridgehead atoms. The number of hydrogen-bond acceptors (Lipinski definition) is 3. The van der Waals surface area contributed by atoms with Crippen molar-refractivity contribution in [3.05, 3.63) is 5.21 Å². The van der Waals surface area contributed by atoms with Crippen molar-refractivity contribution in [1.82, 2.24) is 0 Å². The number of carbonyl (C=O) groups excluding carboxylic acids is 1. The number of nitrogens with one attached hydrogen (secondary N) is 1. The number of hydrogen-bond donors (Lipinski definition) is 2. The van der Waals surface area contributed by atoms with Gasteiger partial charge >= 0.3 is 5.91 Å². The fourth-order valence-corrected chi connectivity index (χ4v) is 0.559. The van der Waals surface area contributed by atoms with Crippen LogP contribution in [0, 0.1) is 5.21 Å². The van der Waals surface area contributed by atoms with Crippen LogP contribution in [0.25, 0.3) is 0 Å². The van der Waals surface area contributed by atoms with E-state index in [-0.39, 0.29) is 17.1 Å². The minimum absolute atomic E-state index is 0.239. The van der Waals surface area contributed by atoms with Crippen LogP contribution >= 0.6 is 0 Å². The van der Waals surface area contributed by atoms with Gasteiger partial charge in [0.05, 0.1) is 13.0 Å². The third kappa shape index (κ3) is 2.43. The molecule has 3 unspecified atom stereocenters. The maximum atomic E-state index is 10.9. The molecule has 0 aliphatic rings. The van der Waals surface area contributed by atoms with Crippen LogP contribution in [-0.2, 0) is 4.79 Å². The second kappa shape index (κ2) is 3.65. The molecule has 60 valence electrons. The fourth-order valence-electron chi connectivity index (χ4n) is 0.559. The molecule has 3 atom stereocenters. The number of hydroxylamine groups is 2. The van der Waals surface area contributed by atoms with Crippen molar-refractivity contribution in [2.24, 2.45) is 5.73 Å². The Labute approximate surface area is 60.6 Å². The van der Waals surface area contributed by atoms with Gasteiger partial charge in [0.2, 0.25) is 0 Å². The fraction of sp³-hybridized carbons (Fsp3) is 0.833. The average Bonchev–Trinajstić information content (AvgIpc) is 1.84. The van der Waals surface area contributed by atoms with Crippen LogP contribution in [0.4, 0.5) is 0 Å². The zero-order valence-electron chi connectivity index (χ0n) is 6.55. The molecule has 4 nitrogen and oxygen atoms in total. The molecule has 10 heavy (non-hydrogen) atoms. The topological polar surface area (TPSA) is 70.6 Å². The van der Waals surface area contributed by atoms with E-state index in [1.807, 2.05) is 0 Å². The van der Waals surface area contributed by atoms with Gasteiger partial charge in [-0.2, -0.15) is 0 Å².